The summed E-state index contributed by atoms with van der Waals surface area (Å²) >= 11 is 0.820. The summed E-state index contributed by atoms with van der Waals surface area (Å²) in [6.45, 7) is 0.489. The third kappa shape index (κ3) is 7.04. The molecule has 12 nitrogen and oxygen atoms in total. The minimum absolute atomic E-state index is 0.0788. The van der Waals surface area contributed by atoms with Crippen LogP contribution in [0.25, 0.3) is 11.3 Å². The Labute approximate surface area is 256 Å². The molecule has 2 N–H and O–H groups in total. The molecule has 5 rings (SSSR count). The van der Waals surface area contributed by atoms with E-state index in [9.17, 15) is 40.0 Å². The zero-order valence-corrected chi connectivity index (χ0v) is 24.8. The van der Waals surface area contributed by atoms with Crippen molar-refractivity contribution in [1.29, 1.82) is 0 Å². The summed E-state index contributed by atoms with van der Waals surface area (Å²) in [5.41, 5.74) is -0.0819. The first-order valence-corrected chi connectivity index (χ1v) is 15.4. The van der Waals surface area contributed by atoms with Crippen LogP contribution in [-0.4, -0.2) is 69.4 Å². The summed E-state index contributed by atoms with van der Waals surface area (Å²) in [6, 6.07) is 7.34. The fourth-order valence-corrected chi connectivity index (χ4v) is 6.68. The van der Waals surface area contributed by atoms with E-state index in [2.05, 4.69) is 28.8 Å². The van der Waals surface area contributed by atoms with Gasteiger partial charge in [-0.15, -0.1) is 13.2 Å². The van der Waals surface area contributed by atoms with Crippen molar-refractivity contribution in [3.8, 4) is 5.75 Å². The number of halogens is 5. The summed E-state index contributed by atoms with van der Waals surface area (Å²) in [7, 11) is -4.47. The third-order valence-electron chi connectivity index (χ3n) is 7.00. The quantitative estimate of drug-likeness (QED) is 0.255. The molecule has 1 aliphatic rings. The number of anilines is 1. The van der Waals surface area contributed by atoms with Gasteiger partial charge < -0.3 is 15.0 Å². The average Bonchev–Trinajstić information content (AvgIpc) is 3.46. The second-order valence-electron chi connectivity index (χ2n) is 9.90. The standard InChI is InChI=1S/C26H24F5N7O5S2/c1-2-25(27,28)16-5-3-15(4-6-16)13-32-23(39)19-14-37(22-24(40)34-21-20(33-22)35-44-36-21)11-12-38(19)45(41,42)18-9-7-17(8-10-18)43-26(29,30)31/h3-10,19H,2,11-14H2,1H3,(H,32,39)(H,34,36,40)/t19-/m1/s1. The molecular weight excluding hydrogens is 649 g/mol. The number of aromatic nitrogens is 4. The molecule has 1 aliphatic heterocycles. The Morgan fingerprint density at radius 1 is 1.07 bits per heavy atom. The van der Waals surface area contributed by atoms with Gasteiger partial charge >= 0.3 is 6.36 Å². The van der Waals surface area contributed by atoms with Crippen LogP contribution in [-0.2, 0) is 27.3 Å². The molecule has 1 saturated heterocycles. The minimum Gasteiger partial charge on any atom is -0.406 e. The van der Waals surface area contributed by atoms with Crippen molar-refractivity contribution in [3.05, 3.63) is 70.0 Å². The number of nitrogens with one attached hydrogen (secondary N) is 2. The van der Waals surface area contributed by atoms with E-state index in [0.29, 0.717) is 5.56 Å². The van der Waals surface area contributed by atoms with E-state index in [0.717, 1.165) is 40.3 Å². The highest BCUT2D eigenvalue weighted by Crippen LogP contribution is 2.31. The van der Waals surface area contributed by atoms with Crippen molar-refractivity contribution in [3.63, 3.8) is 0 Å². The largest absolute Gasteiger partial charge is 0.573 e. The topological polar surface area (TPSA) is 150 Å². The maximum atomic E-state index is 14.0. The molecule has 2 aromatic heterocycles. The summed E-state index contributed by atoms with van der Waals surface area (Å²) in [5, 5.41) is 2.61. The lowest BCUT2D eigenvalue weighted by Gasteiger charge is -2.39. The number of piperazine rings is 1. The number of aromatic amines is 1. The lowest BCUT2D eigenvalue weighted by atomic mass is 10.0. The SMILES string of the molecule is CCC(F)(F)c1ccc(CNC(=O)[C@H]2CN(c3nc4nsnc4[nH]c3=O)CCN2S(=O)(=O)c2ccc(OC(F)(F)F)cc2)cc1. The molecule has 0 radical (unpaired) electrons. The number of ether oxygens (including phenoxy) is 1. The van der Waals surface area contributed by atoms with Crippen LogP contribution in [0.4, 0.5) is 27.8 Å². The smallest absolute Gasteiger partial charge is 0.406 e. The summed E-state index contributed by atoms with van der Waals surface area (Å²) in [6.07, 6.45) is -5.38. The van der Waals surface area contributed by atoms with Crippen LogP contribution in [0.5, 0.6) is 5.75 Å². The van der Waals surface area contributed by atoms with Crippen molar-refractivity contribution >= 4 is 44.8 Å². The average molecular weight is 674 g/mol. The molecule has 0 bridgehead atoms. The van der Waals surface area contributed by atoms with Crippen LogP contribution in [0.1, 0.15) is 24.5 Å². The van der Waals surface area contributed by atoms with Gasteiger partial charge in [0.1, 0.15) is 11.8 Å². The summed E-state index contributed by atoms with van der Waals surface area (Å²) < 4.78 is 106. The number of hydrogen-bond acceptors (Lipinski definition) is 10. The summed E-state index contributed by atoms with van der Waals surface area (Å²) in [4.78, 5) is 34.1. The molecule has 45 heavy (non-hydrogen) atoms. The van der Waals surface area contributed by atoms with Crippen molar-refractivity contribution in [2.75, 3.05) is 24.5 Å². The molecule has 1 amide bonds. The molecule has 3 heterocycles. The normalized spacial score (nSPS) is 16.6. The van der Waals surface area contributed by atoms with E-state index < -0.39 is 56.9 Å². The van der Waals surface area contributed by atoms with Crippen LogP contribution >= 0.6 is 11.7 Å². The van der Waals surface area contributed by atoms with Crippen LogP contribution in [0.15, 0.2) is 58.2 Å². The number of benzene rings is 2. The molecule has 240 valence electrons. The number of carbonyl (C=O) groups is 1. The molecule has 0 aliphatic carbocycles. The molecule has 0 unspecified atom stereocenters. The highest BCUT2D eigenvalue weighted by molar-refractivity contribution is 7.89. The van der Waals surface area contributed by atoms with Gasteiger partial charge in [-0.25, -0.2) is 22.2 Å². The predicted octanol–water partition coefficient (Wildman–Crippen LogP) is 3.37. The Bertz CT molecular complexity index is 1850. The van der Waals surface area contributed by atoms with Crippen LogP contribution in [0.3, 0.4) is 0 Å². The van der Waals surface area contributed by atoms with E-state index in [-0.39, 0.29) is 48.9 Å². The molecule has 0 spiro atoms. The van der Waals surface area contributed by atoms with Crippen molar-refractivity contribution in [2.24, 2.45) is 0 Å². The number of nitrogens with zero attached hydrogens (tertiary/aromatic N) is 5. The highest BCUT2D eigenvalue weighted by Gasteiger charge is 2.41. The zero-order chi connectivity index (χ0) is 32.6. The number of rotatable bonds is 9. The van der Waals surface area contributed by atoms with Crippen LogP contribution < -0.4 is 20.5 Å². The molecule has 4 aromatic rings. The van der Waals surface area contributed by atoms with Gasteiger partial charge in [-0.2, -0.15) is 13.1 Å². The van der Waals surface area contributed by atoms with E-state index in [1.54, 1.807) is 0 Å². The Morgan fingerprint density at radius 2 is 1.76 bits per heavy atom. The maximum Gasteiger partial charge on any atom is 0.573 e. The first kappa shape index (κ1) is 32.2. The van der Waals surface area contributed by atoms with Gasteiger partial charge in [0.05, 0.1) is 16.6 Å². The van der Waals surface area contributed by atoms with Gasteiger partial charge in [0.15, 0.2) is 11.5 Å². The number of fused-ring (bicyclic) bond motifs is 1. The van der Waals surface area contributed by atoms with E-state index in [1.807, 2.05) is 0 Å². The molecule has 1 fully saturated rings. The van der Waals surface area contributed by atoms with Gasteiger partial charge in [0.25, 0.3) is 11.5 Å². The van der Waals surface area contributed by atoms with Gasteiger partial charge in [-0.05, 0) is 29.8 Å². The summed E-state index contributed by atoms with van der Waals surface area (Å²) in [5.74, 6) is -4.56. The van der Waals surface area contributed by atoms with Crippen LogP contribution in [0, 0.1) is 0 Å². The zero-order valence-electron chi connectivity index (χ0n) is 23.2. The lowest BCUT2D eigenvalue weighted by Crippen LogP contribution is -2.61. The molecule has 0 saturated carbocycles. The van der Waals surface area contributed by atoms with Crippen LogP contribution in [0.2, 0.25) is 0 Å². The second kappa shape index (κ2) is 12.3. The van der Waals surface area contributed by atoms with Crippen molar-refractivity contribution in [2.45, 2.75) is 43.1 Å². The number of sulfonamides is 1. The van der Waals surface area contributed by atoms with Gasteiger partial charge in [0, 0.05) is 38.2 Å². The first-order valence-electron chi connectivity index (χ1n) is 13.3. The maximum absolute atomic E-state index is 14.0. The number of carbonyl (C=O) groups excluding carboxylic acids is 1. The minimum atomic E-state index is -4.99. The number of H-pyrrole nitrogens is 1. The van der Waals surface area contributed by atoms with Crippen molar-refractivity contribution < 1.29 is 39.9 Å². The molecule has 1 atom stereocenters. The number of amides is 1. The molecule has 2 aromatic carbocycles. The Hall–Kier alpha value is -4.23. The highest BCUT2D eigenvalue weighted by atomic mass is 32.2. The Kier molecular flexibility index (Phi) is 8.78. The monoisotopic (exact) mass is 673 g/mol. The molecular formula is C26H24F5N7O5S2. The molecule has 19 heteroatoms. The predicted molar refractivity (Wildman–Crippen MR) is 151 cm³/mol. The van der Waals surface area contributed by atoms with E-state index >= 15 is 0 Å². The lowest BCUT2D eigenvalue weighted by molar-refractivity contribution is -0.274. The van der Waals surface area contributed by atoms with E-state index in [4.69, 9.17) is 0 Å². The Balaban J connectivity index is 1.41. The number of alkyl halides is 5. The fraction of sp³-hybridized carbons (Fsp3) is 0.346. The van der Waals surface area contributed by atoms with Gasteiger partial charge in [-0.1, -0.05) is 31.2 Å². The number of hydrogen-bond donors (Lipinski definition) is 2. The van der Waals surface area contributed by atoms with Gasteiger partial charge in [-0.3, -0.25) is 14.6 Å². The second-order valence-corrected chi connectivity index (χ2v) is 12.3. The Morgan fingerprint density at radius 3 is 2.40 bits per heavy atom. The van der Waals surface area contributed by atoms with Gasteiger partial charge in [0.2, 0.25) is 21.6 Å². The third-order valence-corrected chi connectivity index (χ3v) is 9.44. The van der Waals surface area contributed by atoms with Crippen molar-refractivity contribution in [1.82, 2.24) is 28.3 Å². The van der Waals surface area contributed by atoms with E-state index in [1.165, 1.54) is 36.1 Å². The fourth-order valence-electron chi connectivity index (χ4n) is 4.65. The first-order chi connectivity index (χ1) is 21.2.